The van der Waals surface area contributed by atoms with Crippen LogP contribution in [0.2, 0.25) is 0 Å². The van der Waals surface area contributed by atoms with Crippen molar-refractivity contribution >= 4 is 10.0 Å². The summed E-state index contributed by atoms with van der Waals surface area (Å²) < 4.78 is 43.8. The van der Waals surface area contributed by atoms with Crippen molar-refractivity contribution in [1.29, 1.82) is 0 Å². The zero-order chi connectivity index (χ0) is 19.8. The van der Waals surface area contributed by atoms with Crippen molar-refractivity contribution in [2.45, 2.75) is 75.2 Å². The number of hydrogen-bond donors (Lipinski definition) is 1. The summed E-state index contributed by atoms with van der Waals surface area (Å²) in [5.41, 5.74) is 0.332. The first-order valence-electron chi connectivity index (χ1n) is 9.78. The van der Waals surface area contributed by atoms with Crippen molar-refractivity contribution in [3.8, 4) is 0 Å². The second-order valence-electron chi connectivity index (χ2n) is 7.78. The third kappa shape index (κ3) is 3.85. The number of ether oxygens (including phenoxy) is 1. The van der Waals surface area contributed by atoms with Crippen LogP contribution >= 0.6 is 0 Å². The molecule has 1 saturated heterocycles. The lowest BCUT2D eigenvalue weighted by Crippen LogP contribution is -2.36. The number of aryl methyl sites for hydroxylation is 2. The van der Waals surface area contributed by atoms with Crippen molar-refractivity contribution in [2.75, 3.05) is 13.2 Å². The van der Waals surface area contributed by atoms with Crippen LogP contribution in [0.4, 0.5) is 0 Å². The molecule has 9 nitrogen and oxygen atoms in total. The minimum absolute atomic E-state index is 0.00626. The van der Waals surface area contributed by atoms with Crippen molar-refractivity contribution < 1.29 is 22.2 Å². The van der Waals surface area contributed by atoms with Crippen LogP contribution in [0.3, 0.4) is 0 Å². The maximum Gasteiger partial charge on any atom is 0.245 e. The summed E-state index contributed by atoms with van der Waals surface area (Å²) in [6.07, 6.45) is 6.80. The first-order chi connectivity index (χ1) is 13.4. The Morgan fingerprint density at radius 1 is 1.18 bits per heavy atom. The van der Waals surface area contributed by atoms with Crippen LogP contribution in [-0.4, -0.2) is 42.5 Å². The van der Waals surface area contributed by atoms with Gasteiger partial charge in [0.05, 0.1) is 5.60 Å². The van der Waals surface area contributed by atoms with Gasteiger partial charge in [-0.15, -0.1) is 0 Å². The number of sulfonamides is 1. The van der Waals surface area contributed by atoms with Gasteiger partial charge >= 0.3 is 0 Å². The van der Waals surface area contributed by atoms with Gasteiger partial charge < -0.3 is 13.8 Å². The van der Waals surface area contributed by atoms with Crippen LogP contribution in [0.25, 0.3) is 0 Å². The first kappa shape index (κ1) is 19.5. The highest BCUT2D eigenvalue weighted by atomic mass is 32.2. The number of hydrogen-bond acceptors (Lipinski definition) is 8. The van der Waals surface area contributed by atoms with Gasteiger partial charge in [0.25, 0.3) is 0 Å². The highest BCUT2D eigenvalue weighted by molar-refractivity contribution is 7.89. The molecule has 1 atom stereocenters. The van der Waals surface area contributed by atoms with Gasteiger partial charge in [-0.2, -0.15) is 4.98 Å². The molecule has 2 fully saturated rings. The molecule has 1 spiro atoms. The fourth-order valence-corrected chi connectivity index (χ4v) is 5.73. The summed E-state index contributed by atoms with van der Waals surface area (Å²) in [6.45, 7) is 4.06. The molecule has 10 heteroatoms. The number of rotatable bonds is 6. The summed E-state index contributed by atoms with van der Waals surface area (Å²) in [7, 11) is -3.69. The van der Waals surface area contributed by atoms with Crippen LogP contribution in [0.5, 0.6) is 0 Å². The molecule has 1 aliphatic heterocycles. The number of aromatic nitrogens is 3. The summed E-state index contributed by atoms with van der Waals surface area (Å²) in [5.74, 6) is 1.65. The Balaban J connectivity index is 1.35. The largest absolute Gasteiger partial charge is 0.375 e. The van der Waals surface area contributed by atoms with E-state index in [-0.39, 0.29) is 28.7 Å². The van der Waals surface area contributed by atoms with E-state index in [1.807, 2.05) is 0 Å². The van der Waals surface area contributed by atoms with Crippen LogP contribution in [0.1, 0.15) is 67.6 Å². The van der Waals surface area contributed by atoms with E-state index >= 15 is 0 Å². The van der Waals surface area contributed by atoms with Gasteiger partial charge in [0.1, 0.15) is 10.6 Å². The molecule has 2 aromatic rings. The minimum Gasteiger partial charge on any atom is -0.375 e. The molecule has 0 bridgehead atoms. The van der Waals surface area contributed by atoms with Gasteiger partial charge in [-0.25, -0.2) is 13.1 Å². The highest BCUT2D eigenvalue weighted by Crippen LogP contribution is 2.44. The Morgan fingerprint density at radius 2 is 1.96 bits per heavy atom. The predicted molar refractivity (Wildman–Crippen MR) is 98.3 cm³/mol. The smallest absolute Gasteiger partial charge is 0.245 e. The lowest BCUT2D eigenvalue weighted by Gasteiger charge is -2.37. The van der Waals surface area contributed by atoms with Gasteiger partial charge in [-0.3, -0.25) is 0 Å². The second-order valence-corrected chi connectivity index (χ2v) is 9.48. The summed E-state index contributed by atoms with van der Waals surface area (Å²) >= 11 is 0. The average molecular weight is 410 g/mol. The highest BCUT2D eigenvalue weighted by Gasteiger charge is 2.41. The monoisotopic (exact) mass is 410 g/mol. The molecule has 3 heterocycles. The Hall–Kier alpha value is -1.78. The normalized spacial score (nSPS) is 22.1. The van der Waals surface area contributed by atoms with Crippen LogP contribution in [0.15, 0.2) is 13.9 Å². The molecule has 2 aromatic heterocycles. The fraction of sp³-hybridized carbons (Fsp3) is 0.722. The molecule has 1 unspecified atom stereocenters. The maximum absolute atomic E-state index is 12.4. The quantitative estimate of drug-likeness (QED) is 0.771. The van der Waals surface area contributed by atoms with Crippen LogP contribution in [0, 0.1) is 13.8 Å². The summed E-state index contributed by atoms with van der Waals surface area (Å²) in [6, 6.07) is 0. The van der Waals surface area contributed by atoms with Gasteiger partial charge in [0.2, 0.25) is 15.9 Å². The maximum atomic E-state index is 12.4. The van der Waals surface area contributed by atoms with Gasteiger partial charge in [0, 0.05) is 25.5 Å². The van der Waals surface area contributed by atoms with E-state index in [1.165, 1.54) is 12.8 Å². The topological polar surface area (TPSA) is 120 Å². The van der Waals surface area contributed by atoms with Gasteiger partial charge in [0.15, 0.2) is 11.6 Å². The fourth-order valence-electron chi connectivity index (χ4n) is 4.37. The van der Waals surface area contributed by atoms with E-state index in [4.69, 9.17) is 13.8 Å². The summed E-state index contributed by atoms with van der Waals surface area (Å²) in [4.78, 5) is 4.59. The lowest BCUT2D eigenvalue weighted by atomic mass is 9.84. The van der Waals surface area contributed by atoms with Crippen molar-refractivity contribution in [3.05, 3.63) is 23.2 Å². The standard InChI is InChI=1S/C18H26N4O5S/c1-12-16(13(2)26-21-12)28(23,24)19-9-5-15-20-17(22-27-15)14-6-10-25-18(11-14)7-3-4-8-18/h14,19H,3-11H2,1-2H3. The van der Waals surface area contributed by atoms with E-state index in [0.29, 0.717) is 23.8 Å². The minimum atomic E-state index is -3.69. The number of nitrogens with one attached hydrogen (secondary N) is 1. The van der Waals surface area contributed by atoms with Crippen molar-refractivity contribution in [2.24, 2.45) is 0 Å². The van der Waals surface area contributed by atoms with Crippen molar-refractivity contribution in [3.63, 3.8) is 0 Å². The molecule has 2 aliphatic rings. The van der Waals surface area contributed by atoms with Crippen LogP contribution < -0.4 is 4.72 Å². The third-order valence-corrected chi connectivity index (χ3v) is 7.43. The zero-order valence-corrected chi connectivity index (χ0v) is 17.0. The van der Waals surface area contributed by atoms with Crippen LogP contribution in [-0.2, 0) is 21.2 Å². The number of nitrogens with zero attached hydrogens (tertiary/aromatic N) is 3. The molecule has 28 heavy (non-hydrogen) atoms. The third-order valence-electron chi connectivity index (χ3n) is 5.72. The Morgan fingerprint density at radius 3 is 2.68 bits per heavy atom. The molecule has 154 valence electrons. The molecular formula is C18H26N4O5S. The predicted octanol–water partition coefficient (Wildman–Crippen LogP) is 2.40. The van der Waals surface area contributed by atoms with E-state index in [9.17, 15) is 8.42 Å². The van der Waals surface area contributed by atoms with E-state index in [1.54, 1.807) is 13.8 Å². The molecule has 0 amide bonds. The van der Waals surface area contributed by atoms with Gasteiger partial charge in [-0.1, -0.05) is 23.2 Å². The van der Waals surface area contributed by atoms with E-state index in [2.05, 4.69) is 20.0 Å². The molecular weight excluding hydrogens is 384 g/mol. The first-order valence-corrected chi connectivity index (χ1v) is 11.3. The lowest BCUT2D eigenvalue weighted by molar-refractivity contribution is -0.0815. The van der Waals surface area contributed by atoms with E-state index in [0.717, 1.165) is 32.3 Å². The van der Waals surface area contributed by atoms with E-state index < -0.39 is 10.0 Å². The SMILES string of the molecule is Cc1noc(C)c1S(=O)(=O)NCCc1nc(C2CCOC3(CCCC3)C2)no1. The molecule has 0 aromatic carbocycles. The second kappa shape index (κ2) is 7.57. The molecule has 4 rings (SSSR count). The average Bonchev–Trinajstić information content (AvgIpc) is 3.37. The molecule has 1 aliphatic carbocycles. The Labute approximate surface area is 164 Å². The molecule has 1 N–H and O–H groups in total. The van der Waals surface area contributed by atoms with Gasteiger partial charge in [-0.05, 0) is 39.5 Å². The Kier molecular flexibility index (Phi) is 5.28. The zero-order valence-electron chi connectivity index (χ0n) is 16.2. The van der Waals surface area contributed by atoms with Crippen molar-refractivity contribution in [1.82, 2.24) is 20.0 Å². The Bertz CT molecular complexity index is 910. The summed E-state index contributed by atoms with van der Waals surface area (Å²) in [5, 5.41) is 7.83. The molecule has 0 radical (unpaired) electrons. The molecule has 1 saturated carbocycles.